The van der Waals surface area contributed by atoms with Crippen molar-refractivity contribution in [1.29, 1.82) is 0 Å². The molecule has 1 heterocycles. The van der Waals surface area contributed by atoms with E-state index in [0.29, 0.717) is 0 Å². The van der Waals surface area contributed by atoms with E-state index in [-0.39, 0.29) is 12.0 Å². The Labute approximate surface area is 160 Å². The average molecular weight is 358 g/mol. The molecule has 0 saturated carbocycles. The van der Waals surface area contributed by atoms with Gasteiger partial charge in [-0.1, -0.05) is 48.0 Å². The highest BCUT2D eigenvalue weighted by atomic mass is 16.3. The molecule has 27 heavy (non-hydrogen) atoms. The van der Waals surface area contributed by atoms with Crippen LogP contribution in [-0.2, 0) is 6.54 Å². The monoisotopic (exact) mass is 358 g/mol. The van der Waals surface area contributed by atoms with Crippen LogP contribution in [0.1, 0.15) is 25.8 Å². The molecule has 2 N–H and O–H groups in total. The van der Waals surface area contributed by atoms with E-state index >= 15 is 0 Å². The molecule has 0 amide bonds. The average Bonchev–Trinajstić information content (AvgIpc) is 3.08. The van der Waals surface area contributed by atoms with Gasteiger partial charge in [-0.05, 0) is 50.1 Å². The maximum atomic E-state index is 10.2. The van der Waals surface area contributed by atoms with Crippen molar-refractivity contribution in [1.82, 2.24) is 4.57 Å². The predicted molar refractivity (Wildman–Crippen MR) is 113 cm³/mol. The third-order valence-electron chi connectivity index (χ3n) is 5.36. The van der Waals surface area contributed by atoms with E-state index in [4.69, 9.17) is 0 Å². The van der Waals surface area contributed by atoms with E-state index in [1.807, 2.05) is 13.0 Å². The Morgan fingerprint density at radius 2 is 1.89 bits per heavy atom. The third-order valence-corrected chi connectivity index (χ3v) is 5.36. The van der Waals surface area contributed by atoms with Crippen molar-refractivity contribution >= 4 is 16.6 Å². The molecule has 0 radical (unpaired) electrons. The largest absolute Gasteiger partial charge is 0.393 e. The SMILES string of the molecule is CC1=CC=C(Nc2cccc3c2ccn3Cc2ccccc2)C(C(C)O)C1. The molecule has 3 heteroatoms. The predicted octanol–water partition coefficient (Wildman–Crippen LogP) is 5.33. The van der Waals surface area contributed by atoms with Gasteiger partial charge in [0.1, 0.15) is 0 Å². The second-order valence-electron chi connectivity index (χ2n) is 7.48. The second kappa shape index (κ2) is 7.45. The van der Waals surface area contributed by atoms with E-state index in [2.05, 4.69) is 83.7 Å². The second-order valence-corrected chi connectivity index (χ2v) is 7.48. The fourth-order valence-electron chi connectivity index (χ4n) is 3.85. The van der Waals surface area contributed by atoms with Gasteiger partial charge in [0.15, 0.2) is 0 Å². The first-order chi connectivity index (χ1) is 13.1. The smallest absolute Gasteiger partial charge is 0.0597 e. The van der Waals surface area contributed by atoms with E-state index in [1.54, 1.807) is 0 Å². The van der Waals surface area contributed by atoms with Crippen LogP contribution in [0, 0.1) is 5.92 Å². The summed E-state index contributed by atoms with van der Waals surface area (Å²) in [6, 6.07) is 19.0. The minimum atomic E-state index is -0.380. The normalized spacial score (nSPS) is 18.1. The Balaban J connectivity index is 1.65. The maximum absolute atomic E-state index is 10.2. The van der Waals surface area contributed by atoms with Gasteiger partial charge in [0.25, 0.3) is 0 Å². The van der Waals surface area contributed by atoms with Crippen LogP contribution in [0.3, 0.4) is 0 Å². The molecule has 4 rings (SSSR count). The number of fused-ring (bicyclic) bond motifs is 1. The summed E-state index contributed by atoms with van der Waals surface area (Å²) in [5.74, 6) is 0.108. The molecule has 3 aromatic rings. The van der Waals surface area contributed by atoms with Crippen molar-refractivity contribution < 1.29 is 5.11 Å². The zero-order valence-electron chi connectivity index (χ0n) is 15.9. The quantitative estimate of drug-likeness (QED) is 0.646. The van der Waals surface area contributed by atoms with Crippen molar-refractivity contribution in [2.75, 3.05) is 5.32 Å². The molecule has 2 atom stereocenters. The van der Waals surface area contributed by atoms with Gasteiger partial charge in [-0.3, -0.25) is 0 Å². The first-order valence-corrected chi connectivity index (χ1v) is 9.56. The molecular weight excluding hydrogens is 332 g/mol. The molecule has 0 saturated heterocycles. The molecule has 2 aromatic carbocycles. The Hall–Kier alpha value is -2.78. The van der Waals surface area contributed by atoms with Crippen LogP contribution in [0.5, 0.6) is 0 Å². The number of rotatable bonds is 5. The number of nitrogens with zero attached hydrogens (tertiary/aromatic N) is 1. The highest BCUT2D eigenvalue weighted by Crippen LogP contribution is 2.32. The molecule has 138 valence electrons. The molecule has 0 bridgehead atoms. The van der Waals surface area contributed by atoms with Crippen molar-refractivity contribution in [2.24, 2.45) is 5.92 Å². The number of aliphatic hydroxyl groups is 1. The maximum Gasteiger partial charge on any atom is 0.0597 e. The van der Waals surface area contributed by atoms with Crippen LogP contribution >= 0.6 is 0 Å². The summed E-state index contributed by atoms with van der Waals surface area (Å²) < 4.78 is 2.28. The van der Waals surface area contributed by atoms with Gasteiger partial charge in [0.2, 0.25) is 0 Å². The lowest BCUT2D eigenvalue weighted by Gasteiger charge is -2.27. The van der Waals surface area contributed by atoms with Gasteiger partial charge in [0, 0.05) is 35.4 Å². The summed E-state index contributed by atoms with van der Waals surface area (Å²) in [6.07, 6.45) is 6.91. The van der Waals surface area contributed by atoms with Crippen LogP contribution in [-0.4, -0.2) is 15.8 Å². The molecule has 0 aliphatic heterocycles. The van der Waals surface area contributed by atoms with E-state index < -0.39 is 0 Å². The molecule has 2 unspecified atom stereocenters. The minimum Gasteiger partial charge on any atom is -0.393 e. The van der Waals surface area contributed by atoms with Crippen molar-refractivity contribution in [2.45, 2.75) is 32.9 Å². The molecular formula is C24H26N2O. The van der Waals surface area contributed by atoms with Crippen LogP contribution in [0.15, 0.2) is 84.2 Å². The highest BCUT2D eigenvalue weighted by Gasteiger charge is 2.23. The Kier molecular flexibility index (Phi) is 4.87. The fourth-order valence-corrected chi connectivity index (χ4v) is 3.85. The summed E-state index contributed by atoms with van der Waals surface area (Å²) in [5.41, 5.74) is 5.97. The van der Waals surface area contributed by atoms with Crippen LogP contribution in [0.25, 0.3) is 10.9 Å². The van der Waals surface area contributed by atoms with Crippen molar-refractivity contribution in [3.63, 3.8) is 0 Å². The first-order valence-electron chi connectivity index (χ1n) is 9.56. The topological polar surface area (TPSA) is 37.2 Å². The molecule has 0 fully saturated rings. The first kappa shape index (κ1) is 17.6. The number of allylic oxidation sites excluding steroid dienone is 3. The lowest BCUT2D eigenvalue weighted by atomic mass is 9.88. The molecule has 1 aliphatic rings. The summed E-state index contributed by atoms with van der Waals surface area (Å²) in [5, 5.41) is 15.0. The van der Waals surface area contributed by atoms with Gasteiger partial charge < -0.3 is 15.0 Å². The van der Waals surface area contributed by atoms with E-state index in [0.717, 1.165) is 24.4 Å². The van der Waals surface area contributed by atoms with Crippen molar-refractivity contribution in [3.05, 3.63) is 89.8 Å². The zero-order valence-corrected chi connectivity index (χ0v) is 15.9. The summed E-state index contributed by atoms with van der Waals surface area (Å²) in [6.45, 7) is 4.84. The van der Waals surface area contributed by atoms with Crippen LogP contribution < -0.4 is 5.32 Å². The van der Waals surface area contributed by atoms with Gasteiger partial charge in [-0.2, -0.15) is 0 Å². The third kappa shape index (κ3) is 3.69. The van der Waals surface area contributed by atoms with Crippen LogP contribution in [0.2, 0.25) is 0 Å². The zero-order chi connectivity index (χ0) is 18.8. The molecule has 0 spiro atoms. The fraction of sp³-hybridized carbons (Fsp3) is 0.250. The van der Waals surface area contributed by atoms with E-state index in [9.17, 15) is 5.11 Å². The summed E-state index contributed by atoms with van der Waals surface area (Å²) in [7, 11) is 0. The molecule has 1 aliphatic carbocycles. The summed E-state index contributed by atoms with van der Waals surface area (Å²) >= 11 is 0. The number of aliphatic hydroxyl groups excluding tert-OH is 1. The Morgan fingerprint density at radius 3 is 2.67 bits per heavy atom. The number of aromatic nitrogens is 1. The van der Waals surface area contributed by atoms with Crippen LogP contribution in [0.4, 0.5) is 5.69 Å². The van der Waals surface area contributed by atoms with Crippen molar-refractivity contribution in [3.8, 4) is 0 Å². The standard InChI is InChI=1S/C24H26N2O/c1-17-11-12-23(21(15-17)18(2)27)25-22-9-6-10-24-20(22)13-14-26(24)16-19-7-4-3-5-8-19/h3-14,18,21,25,27H,15-16H2,1-2H3. The molecule has 3 nitrogen and oxygen atoms in total. The number of benzene rings is 2. The number of anilines is 1. The highest BCUT2D eigenvalue weighted by molar-refractivity contribution is 5.93. The molecule has 1 aromatic heterocycles. The summed E-state index contributed by atoms with van der Waals surface area (Å²) in [4.78, 5) is 0. The lowest BCUT2D eigenvalue weighted by Crippen LogP contribution is -2.25. The lowest BCUT2D eigenvalue weighted by molar-refractivity contribution is 0.143. The van der Waals surface area contributed by atoms with Gasteiger partial charge >= 0.3 is 0 Å². The van der Waals surface area contributed by atoms with Gasteiger partial charge in [0.05, 0.1) is 11.6 Å². The Morgan fingerprint density at radius 1 is 1.07 bits per heavy atom. The Bertz CT molecular complexity index is 996. The number of hydrogen-bond donors (Lipinski definition) is 2. The number of nitrogens with one attached hydrogen (secondary N) is 1. The minimum absolute atomic E-state index is 0.108. The van der Waals surface area contributed by atoms with Gasteiger partial charge in [-0.15, -0.1) is 0 Å². The van der Waals surface area contributed by atoms with E-state index in [1.165, 1.54) is 22.0 Å². The number of hydrogen-bond acceptors (Lipinski definition) is 2. The van der Waals surface area contributed by atoms with Gasteiger partial charge in [-0.25, -0.2) is 0 Å².